The van der Waals surface area contributed by atoms with Crippen LogP contribution < -0.4 is 20.5 Å². The summed E-state index contributed by atoms with van der Waals surface area (Å²) in [5, 5.41) is 2.79. The number of benzene rings is 1. The summed E-state index contributed by atoms with van der Waals surface area (Å²) in [5.74, 6) is 1.41. The molecule has 0 saturated carbocycles. The van der Waals surface area contributed by atoms with Crippen molar-refractivity contribution in [3.63, 3.8) is 0 Å². The van der Waals surface area contributed by atoms with E-state index in [4.69, 9.17) is 15.2 Å². The molecule has 0 heterocycles. The monoisotopic (exact) mass is 280 g/mol. The van der Waals surface area contributed by atoms with Gasteiger partial charge in [0, 0.05) is 6.07 Å². The second-order valence-corrected chi connectivity index (χ2v) is 5.12. The molecule has 1 unspecified atom stereocenters. The summed E-state index contributed by atoms with van der Waals surface area (Å²) < 4.78 is 10.8. The van der Waals surface area contributed by atoms with Crippen LogP contribution in [0.15, 0.2) is 24.3 Å². The van der Waals surface area contributed by atoms with Gasteiger partial charge < -0.3 is 20.5 Å². The third-order valence-electron chi connectivity index (χ3n) is 2.96. The second kappa shape index (κ2) is 7.75. The number of nitrogens with two attached hydrogens (primary N) is 1. The molecule has 1 aromatic rings. The molecular weight excluding hydrogens is 256 g/mol. The maximum Gasteiger partial charge on any atom is 0.237 e. The zero-order chi connectivity index (χ0) is 15.1. The molecule has 5 nitrogen and oxygen atoms in total. The number of amides is 1. The van der Waals surface area contributed by atoms with Gasteiger partial charge >= 0.3 is 0 Å². The van der Waals surface area contributed by atoms with Crippen molar-refractivity contribution in [1.82, 2.24) is 5.32 Å². The van der Waals surface area contributed by atoms with Crippen molar-refractivity contribution in [2.24, 2.45) is 11.7 Å². The molecule has 20 heavy (non-hydrogen) atoms. The average Bonchev–Trinajstić information content (AvgIpc) is 2.43. The molecule has 5 heteroatoms. The standard InChI is InChI=1S/C15H24N2O3/c1-10(2)14(16)15(18)17-9-11(3)20-13-7-5-6-12(8-13)19-4/h5-8,10-11,14H,9,16H2,1-4H3,(H,17,18)/t11?,14-/m0/s1. The first-order valence-corrected chi connectivity index (χ1v) is 6.78. The Hall–Kier alpha value is -1.75. The Kier molecular flexibility index (Phi) is 6.31. The molecule has 3 N–H and O–H groups in total. The summed E-state index contributed by atoms with van der Waals surface area (Å²) in [7, 11) is 1.61. The van der Waals surface area contributed by atoms with E-state index in [1.165, 1.54) is 0 Å². The minimum atomic E-state index is -0.487. The van der Waals surface area contributed by atoms with Crippen molar-refractivity contribution in [1.29, 1.82) is 0 Å². The third kappa shape index (κ3) is 5.09. The third-order valence-corrected chi connectivity index (χ3v) is 2.96. The van der Waals surface area contributed by atoms with Gasteiger partial charge in [-0.3, -0.25) is 4.79 Å². The van der Waals surface area contributed by atoms with E-state index < -0.39 is 6.04 Å². The molecule has 0 bridgehead atoms. The zero-order valence-corrected chi connectivity index (χ0v) is 12.6. The lowest BCUT2D eigenvalue weighted by Crippen LogP contribution is -2.46. The molecule has 0 aliphatic rings. The van der Waals surface area contributed by atoms with Gasteiger partial charge in [-0.05, 0) is 25.0 Å². The van der Waals surface area contributed by atoms with Gasteiger partial charge in [-0.15, -0.1) is 0 Å². The Labute approximate surface area is 120 Å². The smallest absolute Gasteiger partial charge is 0.237 e. The fourth-order valence-electron chi connectivity index (χ4n) is 1.61. The van der Waals surface area contributed by atoms with Crippen molar-refractivity contribution >= 4 is 5.91 Å². The zero-order valence-electron chi connectivity index (χ0n) is 12.6. The summed E-state index contributed by atoms with van der Waals surface area (Å²) in [4.78, 5) is 11.7. The van der Waals surface area contributed by atoms with Crippen LogP contribution in [0.3, 0.4) is 0 Å². The minimum Gasteiger partial charge on any atom is -0.497 e. The van der Waals surface area contributed by atoms with Crippen molar-refractivity contribution in [3.8, 4) is 11.5 Å². The molecule has 2 atom stereocenters. The summed E-state index contributed by atoms with van der Waals surface area (Å²) in [6, 6.07) is 6.87. The summed E-state index contributed by atoms with van der Waals surface area (Å²) in [5.41, 5.74) is 5.77. The highest BCUT2D eigenvalue weighted by Crippen LogP contribution is 2.19. The Bertz CT molecular complexity index is 435. The Morgan fingerprint density at radius 1 is 1.30 bits per heavy atom. The number of rotatable bonds is 7. The van der Waals surface area contributed by atoms with E-state index in [-0.39, 0.29) is 17.9 Å². The van der Waals surface area contributed by atoms with Gasteiger partial charge in [0.05, 0.1) is 19.7 Å². The van der Waals surface area contributed by atoms with E-state index in [0.717, 1.165) is 5.75 Å². The van der Waals surface area contributed by atoms with Crippen molar-refractivity contribution < 1.29 is 14.3 Å². The van der Waals surface area contributed by atoms with Gasteiger partial charge in [-0.1, -0.05) is 19.9 Å². The quantitative estimate of drug-likeness (QED) is 0.795. The lowest BCUT2D eigenvalue weighted by Gasteiger charge is -2.19. The number of nitrogens with one attached hydrogen (secondary N) is 1. The molecule has 0 radical (unpaired) electrons. The molecule has 0 saturated heterocycles. The summed E-state index contributed by atoms with van der Waals surface area (Å²) in [6.07, 6.45) is -0.148. The normalized spacial score (nSPS) is 13.7. The van der Waals surface area contributed by atoms with Crippen LogP contribution in [0.4, 0.5) is 0 Å². The number of hydrogen-bond acceptors (Lipinski definition) is 4. The SMILES string of the molecule is COc1cccc(OC(C)CNC(=O)[C@@H](N)C(C)C)c1. The van der Waals surface area contributed by atoms with E-state index in [1.54, 1.807) is 13.2 Å². The maximum absolute atomic E-state index is 11.7. The number of methoxy groups -OCH3 is 1. The van der Waals surface area contributed by atoms with Crippen LogP contribution in [0.5, 0.6) is 11.5 Å². The molecule has 1 aromatic carbocycles. The summed E-state index contributed by atoms with van der Waals surface area (Å²) in [6.45, 7) is 6.14. The Morgan fingerprint density at radius 2 is 1.95 bits per heavy atom. The lowest BCUT2D eigenvalue weighted by atomic mass is 10.1. The van der Waals surface area contributed by atoms with Crippen LogP contribution in [0.2, 0.25) is 0 Å². The van der Waals surface area contributed by atoms with E-state index >= 15 is 0 Å². The van der Waals surface area contributed by atoms with Gasteiger partial charge in [0.2, 0.25) is 5.91 Å². The van der Waals surface area contributed by atoms with E-state index in [1.807, 2.05) is 39.0 Å². The van der Waals surface area contributed by atoms with Crippen molar-refractivity contribution in [3.05, 3.63) is 24.3 Å². The molecule has 1 rings (SSSR count). The largest absolute Gasteiger partial charge is 0.497 e. The van der Waals surface area contributed by atoms with Crippen LogP contribution >= 0.6 is 0 Å². The Morgan fingerprint density at radius 3 is 2.55 bits per heavy atom. The van der Waals surface area contributed by atoms with Crippen LogP contribution in [0, 0.1) is 5.92 Å². The van der Waals surface area contributed by atoms with Gasteiger partial charge in [0.15, 0.2) is 0 Å². The first-order chi connectivity index (χ1) is 9.43. The highest BCUT2D eigenvalue weighted by Gasteiger charge is 2.17. The molecule has 0 spiro atoms. The number of carbonyl (C=O) groups is 1. The first kappa shape index (κ1) is 16.3. The number of ether oxygens (including phenoxy) is 2. The average molecular weight is 280 g/mol. The molecule has 0 aliphatic heterocycles. The molecular formula is C15H24N2O3. The number of hydrogen-bond donors (Lipinski definition) is 2. The molecule has 0 aromatic heterocycles. The predicted molar refractivity (Wildman–Crippen MR) is 78.9 cm³/mol. The topological polar surface area (TPSA) is 73.6 Å². The van der Waals surface area contributed by atoms with Gasteiger partial charge in [0.25, 0.3) is 0 Å². The van der Waals surface area contributed by atoms with Gasteiger partial charge in [0.1, 0.15) is 17.6 Å². The molecule has 0 fully saturated rings. The lowest BCUT2D eigenvalue weighted by molar-refractivity contribution is -0.123. The highest BCUT2D eigenvalue weighted by atomic mass is 16.5. The van der Waals surface area contributed by atoms with Gasteiger partial charge in [-0.25, -0.2) is 0 Å². The predicted octanol–water partition coefficient (Wildman–Crippen LogP) is 1.56. The van der Waals surface area contributed by atoms with Gasteiger partial charge in [-0.2, -0.15) is 0 Å². The van der Waals surface area contributed by atoms with E-state index in [0.29, 0.717) is 12.3 Å². The fraction of sp³-hybridized carbons (Fsp3) is 0.533. The molecule has 0 aliphatic carbocycles. The molecule has 1 amide bonds. The van der Waals surface area contributed by atoms with E-state index in [9.17, 15) is 4.79 Å². The summed E-state index contributed by atoms with van der Waals surface area (Å²) >= 11 is 0. The fourth-order valence-corrected chi connectivity index (χ4v) is 1.61. The van der Waals surface area contributed by atoms with Crippen molar-refractivity contribution in [2.45, 2.75) is 32.9 Å². The van der Waals surface area contributed by atoms with Crippen LogP contribution in [-0.2, 0) is 4.79 Å². The number of carbonyl (C=O) groups excluding carboxylic acids is 1. The second-order valence-electron chi connectivity index (χ2n) is 5.12. The van der Waals surface area contributed by atoms with Crippen molar-refractivity contribution in [2.75, 3.05) is 13.7 Å². The molecule has 112 valence electrons. The van der Waals surface area contributed by atoms with E-state index in [2.05, 4.69) is 5.32 Å². The first-order valence-electron chi connectivity index (χ1n) is 6.78. The van der Waals surface area contributed by atoms with Crippen LogP contribution in [0.1, 0.15) is 20.8 Å². The van der Waals surface area contributed by atoms with Crippen LogP contribution in [0.25, 0.3) is 0 Å². The maximum atomic E-state index is 11.7. The Balaban J connectivity index is 2.43. The highest BCUT2D eigenvalue weighted by molar-refractivity contribution is 5.81. The minimum absolute atomic E-state index is 0.115. The van der Waals surface area contributed by atoms with Crippen LogP contribution in [-0.4, -0.2) is 31.7 Å².